The Kier molecular flexibility index (Phi) is 11.7. The van der Waals surface area contributed by atoms with Crippen molar-refractivity contribution in [3.05, 3.63) is 142 Å². The van der Waals surface area contributed by atoms with Gasteiger partial charge in [-0.2, -0.15) is 0 Å². The van der Waals surface area contributed by atoms with Crippen molar-refractivity contribution in [3.63, 3.8) is 0 Å². The molecule has 2 saturated carbocycles. The lowest BCUT2D eigenvalue weighted by Crippen LogP contribution is -2.60. The fourth-order valence-electron chi connectivity index (χ4n) is 17.7. The zero-order valence-electron chi connectivity index (χ0n) is 47.6. The van der Waals surface area contributed by atoms with Crippen LogP contribution < -0.4 is 20.2 Å². The molecule has 8 unspecified atom stereocenters. The lowest BCUT2D eigenvalue weighted by molar-refractivity contribution is 0.0707. The highest BCUT2D eigenvalue weighted by molar-refractivity contribution is 6.86. The van der Waals surface area contributed by atoms with Crippen molar-refractivity contribution in [2.75, 3.05) is 14.7 Å². The first-order valence-electron chi connectivity index (χ1n) is 30.2. The van der Waals surface area contributed by atoms with Gasteiger partial charge < -0.3 is 19.4 Å². The zero-order chi connectivity index (χ0) is 51.3. The lowest BCUT2D eigenvalue weighted by Gasteiger charge is -2.55. The van der Waals surface area contributed by atoms with Gasteiger partial charge in [-0.15, -0.1) is 0 Å². The van der Waals surface area contributed by atoms with E-state index in [1.807, 2.05) is 5.57 Å². The molecule has 4 heterocycles. The molecule has 4 aliphatic heterocycles. The second kappa shape index (κ2) is 17.6. The van der Waals surface area contributed by atoms with Crippen LogP contribution in [0.1, 0.15) is 179 Å². The van der Waals surface area contributed by atoms with Crippen LogP contribution in [0.5, 0.6) is 0 Å². The van der Waals surface area contributed by atoms with Crippen molar-refractivity contribution in [2.45, 2.75) is 208 Å². The van der Waals surface area contributed by atoms with Gasteiger partial charge in [-0.1, -0.05) is 185 Å². The molecule has 12 aliphatic rings. The van der Waals surface area contributed by atoms with E-state index in [2.05, 4.69) is 188 Å². The van der Waals surface area contributed by atoms with Gasteiger partial charge in [0.15, 0.2) is 0 Å². The fourth-order valence-corrected chi connectivity index (χ4v) is 17.7. The van der Waals surface area contributed by atoms with Crippen molar-refractivity contribution >= 4 is 29.2 Å². The van der Waals surface area contributed by atoms with E-state index in [-0.39, 0.29) is 51.3 Å². The van der Waals surface area contributed by atoms with Gasteiger partial charge in [-0.25, -0.2) is 0 Å². The summed E-state index contributed by atoms with van der Waals surface area (Å²) in [6, 6.07) is 5.79. The van der Waals surface area contributed by atoms with Crippen LogP contribution in [0.25, 0.3) is 0 Å². The molecule has 4 nitrogen and oxygen atoms in total. The molecule has 0 bridgehead atoms. The minimum Gasteiger partial charge on any atom is -0.487 e. The first kappa shape index (κ1) is 49.2. The van der Waals surface area contributed by atoms with E-state index >= 15 is 0 Å². The molecule has 390 valence electrons. The molecule has 1 saturated heterocycles. The second-order valence-electron chi connectivity index (χ2n) is 29.3. The predicted molar refractivity (Wildman–Crippen MR) is 314 cm³/mol. The van der Waals surface area contributed by atoms with Gasteiger partial charge in [0.2, 0.25) is 6.71 Å². The van der Waals surface area contributed by atoms with Crippen LogP contribution in [0.15, 0.2) is 142 Å². The Morgan fingerprint density at radius 1 is 0.743 bits per heavy atom. The van der Waals surface area contributed by atoms with Gasteiger partial charge in [0.1, 0.15) is 11.9 Å². The number of nitrogens with zero attached hydrogens (tertiary/aromatic N) is 3. The topological polar surface area (TPSA) is 19.0 Å². The zero-order valence-corrected chi connectivity index (χ0v) is 47.6. The Bertz CT molecular complexity index is 2830. The highest BCUT2D eigenvalue weighted by Crippen LogP contribution is 2.68. The molecule has 5 heteroatoms. The first-order valence-corrected chi connectivity index (χ1v) is 30.2. The summed E-state index contributed by atoms with van der Waals surface area (Å²) >= 11 is 0. The van der Waals surface area contributed by atoms with Crippen molar-refractivity contribution in [3.8, 4) is 0 Å². The summed E-state index contributed by atoms with van der Waals surface area (Å²) in [4.78, 5) is 8.82. The molecule has 0 aromatic heterocycles. The van der Waals surface area contributed by atoms with Crippen LogP contribution in [-0.4, -0.2) is 30.4 Å². The number of rotatable bonds is 5. The summed E-state index contributed by atoms with van der Waals surface area (Å²) in [6.07, 6.45) is 55.5. The summed E-state index contributed by atoms with van der Waals surface area (Å²) in [5, 5.41) is 0. The molecule has 13 rings (SSSR count). The normalized spacial score (nSPS) is 32.6. The molecule has 1 aromatic carbocycles. The molecular formula is C69H90BN3O. The van der Waals surface area contributed by atoms with E-state index < -0.39 is 0 Å². The average molecular weight is 988 g/mol. The molecule has 74 heavy (non-hydrogen) atoms. The summed E-state index contributed by atoms with van der Waals surface area (Å²) < 4.78 is 7.32. The van der Waals surface area contributed by atoms with E-state index in [9.17, 15) is 0 Å². The number of hydrogen-bond acceptors (Lipinski definition) is 4. The van der Waals surface area contributed by atoms with Crippen molar-refractivity contribution in [2.24, 2.45) is 51.2 Å². The Labute approximate surface area is 448 Å². The monoisotopic (exact) mass is 988 g/mol. The van der Waals surface area contributed by atoms with Gasteiger partial charge in [0.25, 0.3) is 0 Å². The number of benzene rings is 1. The van der Waals surface area contributed by atoms with Crippen molar-refractivity contribution in [1.29, 1.82) is 0 Å². The number of allylic oxidation sites excluding steroid dienone is 14. The average Bonchev–Trinajstić information content (AvgIpc) is 3.85. The third kappa shape index (κ3) is 7.61. The van der Waals surface area contributed by atoms with Crippen LogP contribution in [0.3, 0.4) is 0 Å². The third-order valence-corrected chi connectivity index (χ3v) is 22.0. The minimum absolute atomic E-state index is 0.0522. The van der Waals surface area contributed by atoms with Gasteiger partial charge >= 0.3 is 0 Å². The predicted octanol–water partition coefficient (Wildman–Crippen LogP) is 17.1. The quantitative estimate of drug-likeness (QED) is 0.274. The van der Waals surface area contributed by atoms with E-state index in [4.69, 9.17) is 4.74 Å². The van der Waals surface area contributed by atoms with Crippen LogP contribution in [-0.2, 0) is 4.74 Å². The second-order valence-corrected chi connectivity index (χ2v) is 29.3. The number of anilines is 3. The van der Waals surface area contributed by atoms with Crippen molar-refractivity contribution < 1.29 is 4.74 Å². The first-order chi connectivity index (χ1) is 35.3. The van der Waals surface area contributed by atoms with Crippen molar-refractivity contribution in [1.82, 2.24) is 0 Å². The Morgan fingerprint density at radius 3 is 2.20 bits per heavy atom. The largest absolute Gasteiger partial charge is 0.487 e. The Balaban J connectivity index is 1.08. The molecule has 3 fully saturated rings. The van der Waals surface area contributed by atoms with Gasteiger partial charge in [0, 0.05) is 62.5 Å². The third-order valence-electron chi connectivity index (χ3n) is 22.0. The SMILES string of the molecule is CC(C)(C)C1=CCC(N(C2=CCC(C(C)(C)C)C=C2)c2cc3c4c(c2)N2C5=C(C=C(C6CCCCC6)CC5C5(CCCCC5)C2(C)C)B4C2CC(C(C)(C)C)CC=C2N3C2CC=CC3=C2OC2C=CC=CC32)C=C1. The maximum absolute atomic E-state index is 7.32. The maximum atomic E-state index is 7.32. The van der Waals surface area contributed by atoms with E-state index in [0.29, 0.717) is 30.3 Å². The van der Waals surface area contributed by atoms with Crippen LogP contribution in [0.2, 0.25) is 5.82 Å². The standard InChI is InChI=1S/C69H90BN3O/c1-65(2,3)46-27-32-49(33-28-46)71(50-34-29-47(30-35-50)66(4,5)6)51-42-59-62-60(43-51)73-63-54(69(68(73,10)11)37-18-13-19-38-69)39-45(44-21-14-12-15-22-44)40-56(63)70(62)55-41-48(67(7,8)9)31-36-57(55)72(59)58-25-20-24-53-52-23-16-17-26-61(52)74-64(53)58/h16-17,20,23-24,26-29,32,34-36,40,42-44,47-49,52,54-55,58,61H,12-15,18-19,21-22,25,30-31,33,37-39,41H2,1-11H3. The molecule has 0 N–H and O–H groups in total. The van der Waals surface area contributed by atoms with Crippen LogP contribution in [0.4, 0.5) is 17.1 Å². The highest BCUT2D eigenvalue weighted by atomic mass is 16.5. The molecule has 8 aliphatic carbocycles. The Morgan fingerprint density at radius 2 is 1.50 bits per heavy atom. The Hall–Kier alpha value is -4.38. The summed E-state index contributed by atoms with van der Waals surface area (Å²) in [5.41, 5.74) is 17.7. The summed E-state index contributed by atoms with van der Waals surface area (Å²) in [5.74, 6) is 4.28. The summed E-state index contributed by atoms with van der Waals surface area (Å²) in [7, 11) is 0. The molecule has 1 aromatic rings. The van der Waals surface area contributed by atoms with Crippen LogP contribution >= 0.6 is 0 Å². The van der Waals surface area contributed by atoms with E-state index in [1.165, 1.54) is 117 Å². The highest BCUT2D eigenvalue weighted by Gasteiger charge is 2.66. The van der Waals surface area contributed by atoms with Gasteiger partial charge in [-0.3, -0.25) is 0 Å². The molecule has 0 radical (unpaired) electrons. The number of hydrogen-bond donors (Lipinski definition) is 0. The van der Waals surface area contributed by atoms with Crippen LogP contribution in [0, 0.1) is 51.2 Å². The molecule has 0 amide bonds. The minimum atomic E-state index is -0.0522. The maximum Gasteiger partial charge on any atom is 0.226 e. The number of ether oxygens (including phenoxy) is 1. The smallest absolute Gasteiger partial charge is 0.226 e. The van der Waals surface area contributed by atoms with Gasteiger partial charge in [0.05, 0.1) is 12.1 Å². The molecular weight excluding hydrogens is 898 g/mol. The van der Waals surface area contributed by atoms with E-state index in [1.54, 1.807) is 22.3 Å². The van der Waals surface area contributed by atoms with Gasteiger partial charge in [-0.05, 0) is 153 Å². The molecule has 1 spiro atoms. The lowest BCUT2D eigenvalue weighted by atomic mass is 9.27. The van der Waals surface area contributed by atoms with E-state index in [0.717, 1.165) is 31.6 Å². The number of fused-ring (bicyclic) bond motifs is 7. The summed E-state index contributed by atoms with van der Waals surface area (Å²) in [6.45, 7) is 27.7. The fraction of sp³-hybridized carbons (Fsp3) is 0.594. The molecule has 8 atom stereocenters.